The topological polar surface area (TPSA) is 105 Å². The number of carbonyl (C=O) groups excluding carboxylic acids is 1. The number of furan rings is 1. The second kappa shape index (κ2) is 8.95. The number of fused-ring (bicyclic) bond motifs is 4. The first kappa shape index (κ1) is 23.6. The van der Waals surface area contributed by atoms with Crippen molar-refractivity contribution in [3.05, 3.63) is 97.7 Å². The highest BCUT2D eigenvalue weighted by molar-refractivity contribution is 6.03. The average molecular weight is 512 g/mol. The predicted molar refractivity (Wildman–Crippen MR) is 143 cm³/mol. The molecule has 0 bridgehead atoms. The number of nitrogens with zero attached hydrogens (tertiary/aromatic N) is 2. The molecule has 9 heteroatoms. The molecule has 5 aromatic rings. The number of hydrogen-bond acceptors (Lipinski definition) is 6. The van der Waals surface area contributed by atoms with Crippen LogP contribution in [0.2, 0.25) is 0 Å². The van der Waals surface area contributed by atoms with Gasteiger partial charge in [-0.2, -0.15) is 0 Å². The number of benzene rings is 3. The van der Waals surface area contributed by atoms with Crippen molar-refractivity contribution in [3.63, 3.8) is 0 Å². The van der Waals surface area contributed by atoms with Crippen LogP contribution in [0, 0.1) is 20.8 Å². The van der Waals surface area contributed by atoms with Crippen LogP contribution in [-0.2, 0) is 17.9 Å². The Hall–Kier alpha value is -4.79. The lowest BCUT2D eigenvalue weighted by Crippen LogP contribution is -2.41. The molecule has 0 aliphatic carbocycles. The van der Waals surface area contributed by atoms with E-state index in [0.717, 1.165) is 21.3 Å². The van der Waals surface area contributed by atoms with E-state index in [0.29, 0.717) is 39.2 Å². The van der Waals surface area contributed by atoms with Crippen LogP contribution < -0.4 is 26.0 Å². The Bertz CT molecular complexity index is 1850. The third-order valence-corrected chi connectivity index (χ3v) is 6.76. The van der Waals surface area contributed by atoms with Crippen LogP contribution in [0.4, 0.5) is 5.69 Å². The smallest absolute Gasteiger partial charge is 0.332 e. The summed E-state index contributed by atoms with van der Waals surface area (Å²) in [5.41, 5.74) is 3.91. The highest BCUT2D eigenvalue weighted by Gasteiger charge is 2.22. The lowest BCUT2D eigenvalue weighted by molar-refractivity contribution is -0.116. The van der Waals surface area contributed by atoms with Crippen molar-refractivity contribution in [2.45, 2.75) is 33.9 Å². The van der Waals surface area contributed by atoms with E-state index in [9.17, 15) is 14.4 Å². The van der Waals surface area contributed by atoms with Gasteiger partial charge in [0.1, 0.15) is 17.6 Å². The maximum Gasteiger partial charge on any atom is 0.332 e. The Morgan fingerprint density at radius 1 is 0.921 bits per heavy atom. The van der Waals surface area contributed by atoms with Gasteiger partial charge in [0.2, 0.25) is 18.3 Å². The molecule has 0 atom stereocenters. The summed E-state index contributed by atoms with van der Waals surface area (Å²) in [7, 11) is 0. The molecule has 2 aromatic heterocycles. The number of hydrogen-bond donors (Lipinski definition) is 1. The number of carbonyl (C=O) groups is 1. The monoisotopic (exact) mass is 511 g/mol. The van der Waals surface area contributed by atoms with E-state index >= 15 is 0 Å². The van der Waals surface area contributed by atoms with Crippen molar-refractivity contribution >= 4 is 33.7 Å². The molecule has 1 aliphatic heterocycles. The summed E-state index contributed by atoms with van der Waals surface area (Å²) in [5, 5.41) is 3.54. The maximum absolute atomic E-state index is 13.8. The van der Waals surface area contributed by atoms with E-state index in [1.54, 1.807) is 42.5 Å². The van der Waals surface area contributed by atoms with Crippen LogP contribution in [0.5, 0.6) is 11.5 Å². The Morgan fingerprint density at radius 2 is 1.66 bits per heavy atom. The summed E-state index contributed by atoms with van der Waals surface area (Å²) in [4.78, 5) is 40.6. The summed E-state index contributed by atoms with van der Waals surface area (Å²) in [6.07, 6.45) is 0. The molecule has 38 heavy (non-hydrogen) atoms. The fourth-order valence-corrected chi connectivity index (χ4v) is 5.10. The van der Waals surface area contributed by atoms with Crippen molar-refractivity contribution < 1.29 is 18.7 Å². The second-order valence-corrected chi connectivity index (χ2v) is 9.55. The Kier molecular flexibility index (Phi) is 5.56. The molecule has 0 spiro atoms. The molecule has 3 aromatic carbocycles. The highest BCUT2D eigenvalue weighted by atomic mass is 16.7. The van der Waals surface area contributed by atoms with E-state index < -0.39 is 11.2 Å². The zero-order valence-corrected chi connectivity index (χ0v) is 21.2. The quantitative estimate of drug-likeness (QED) is 0.378. The van der Waals surface area contributed by atoms with Gasteiger partial charge in [0.15, 0.2) is 11.5 Å². The first-order valence-electron chi connectivity index (χ1n) is 12.2. The van der Waals surface area contributed by atoms with Crippen molar-refractivity contribution in [3.8, 4) is 11.5 Å². The van der Waals surface area contributed by atoms with Gasteiger partial charge in [0.25, 0.3) is 5.56 Å². The highest BCUT2D eigenvalue weighted by Crippen LogP contribution is 2.33. The zero-order chi connectivity index (χ0) is 26.6. The molecular formula is C29H25N3O6. The molecule has 0 saturated carbocycles. The lowest BCUT2D eigenvalue weighted by Gasteiger charge is -2.15. The van der Waals surface area contributed by atoms with E-state index in [4.69, 9.17) is 13.9 Å². The normalized spacial score (nSPS) is 12.4. The van der Waals surface area contributed by atoms with Crippen LogP contribution in [0.1, 0.15) is 22.3 Å². The maximum atomic E-state index is 13.8. The number of amides is 1. The van der Waals surface area contributed by atoms with Gasteiger partial charge in [0.05, 0.1) is 6.54 Å². The molecule has 0 saturated heterocycles. The minimum atomic E-state index is -0.612. The summed E-state index contributed by atoms with van der Waals surface area (Å²) in [6.45, 7) is 5.64. The lowest BCUT2D eigenvalue weighted by atomic mass is 10.1. The molecule has 0 fully saturated rings. The van der Waals surface area contributed by atoms with Gasteiger partial charge < -0.3 is 19.2 Å². The van der Waals surface area contributed by atoms with Crippen LogP contribution in [0.25, 0.3) is 22.1 Å². The number of aromatic nitrogens is 2. The van der Waals surface area contributed by atoms with Gasteiger partial charge in [-0.15, -0.1) is 0 Å². The molecule has 1 amide bonds. The molecule has 0 radical (unpaired) electrons. The Labute approximate surface area is 216 Å². The van der Waals surface area contributed by atoms with Gasteiger partial charge in [-0.05, 0) is 61.7 Å². The number of para-hydroxylation sites is 1. The van der Waals surface area contributed by atoms with Gasteiger partial charge in [-0.1, -0.05) is 35.9 Å². The fraction of sp³-hybridized carbons (Fsp3) is 0.207. The van der Waals surface area contributed by atoms with Crippen molar-refractivity contribution in [1.82, 2.24) is 9.13 Å². The van der Waals surface area contributed by atoms with Gasteiger partial charge in [0, 0.05) is 11.1 Å². The van der Waals surface area contributed by atoms with Gasteiger partial charge in [-0.3, -0.25) is 18.7 Å². The van der Waals surface area contributed by atoms with Crippen LogP contribution in [-0.4, -0.2) is 21.8 Å². The minimum Gasteiger partial charge on any atom is -0.454 e. The number of anilines is 1. The standard InChI is InChI=1S/C29H25N3O6/c1-16-10-17(2)25(18(3)11-16)30-24(33)14-31-26-20-6-4-5-7-21(20)38-27(26)28(34)32(29(31)35)13-19-8-9-22-23(12-19)37-15-36-22/h4-12H,13-15H2,1-3H3,(H,30,33). The number of nitrogens with one attached hydrogen (secondary N) is 1. The summed E-state index contributed by atoms with van der Waals surface area (Å²) in [6, 6.07) is 16.3. The zero-order valence-electron chi connectivity index (χ0n) is 21.2. The van der Waals surface area contributed by atoms with Crippen LogP contribution in [0.15, 0.2) is 68.6 Å². The molecule has 6 rings (SSSR count). The molecule has 9 nitrogen and oxygen atoms in total. The number of ether oxygens (including phenoxy) is 2. The van der Waals surface area contributed by atoms with Crippen LogP contribution in [0.3, 0.4) is 0 Å². The molecule has 192 valence electrons. The Balaban J connectivity index is 1.47. The van der Waals surface area contributed by atoms with Crippen molar-refractivity contribution in [1.29, 1.82) is 0 Å². The number of rotatable bonds is 5. The average Bonchev–Trinajstić information content (AvgIpc) is 3.51. The van der Waals surface area contributed by atoms with Crippen molar-refractivity contribution in [2.24, 2.45) is 0 Å². The first-order chi connectivity index (χ1) is 18.3. The predicted octanol–water partition coefficient (Wildman–Crippen LogP) is 4.25. The van der Waals surface area contributed by atoms with Gasteiger partial charge >= 0.3 is 5.69 Å². The SMILES string of the molecule is Cc1cc(C)c(NC(=O)Cn2c(=O)n(Cc3ccc4c(c3)OCO4)c(=O)c3oc4ccccc4c32)c(C)c1. The Morgan fingerprint density at radius 3 is 2.45 bits per heavy atom. The molecular weight excluding hydrogens is 486 g/mol. The number of aryl methyl sites for hydroxylation is 3. The molecule has 3 heterocycles. The third kappa shape index (κ3) is 3.92. The second-order valence-electron chi connectivity index (χ2n) is 9.55. The fourth-order valence-electron chi connectivity index (χ4n) is 5.10. The third-order valence-electron chi connectivity index (χ3n) is 6.76. The van der Waals surface area contributed by atoms with E-state index in [-0.39, 0.29) is 31.4 Å². The summed E-state index contributed by atoms with van der Waals surface area (Å²) < 4.78 is 19.1. The first-order valence-corrected chi connectivity index (χ1v) is 12.2. The summed E-state index contributed by atoms with van der Waals surface area (Å²) in [5.74, 6) is 0.760. The van der Waals surface area contributed by atoms with E-state index in [2.05, 4.69) is 5.32 Å². The molecule has 0 unspecified atom stereocenters. The molecule has 1 N–H and O–H groups in total. The molecule has 1 aliphatic rings. The van der Waals surface area contributed by atoms with Crippen molar-refractivity contribution in [2.75, 3.05) is 12.1 Å². The van der Waals surface area contributed by atoms with E-state index in [1.165, 1.54) is 4.57 Å². The van der Waals surface area contributed by atoms with Crippen LogP contribution >= 0.6 is 0 Å². The summed E-state index contributed by atoms with van der Waals surface area (Å²) >= 11 is 0. The minimum absolute atomic E-state index is 0.0158. The largest absolute Gasteiger partial charge is 0.454 e. The van der Waals surface area contributed by atoms with Gasteiger partial charge in [-0.25, -0.2) is 4.79 Å². The van der Waals surface area contributed by atoms with E-state index in [1.807, 2.05) is 32.9 Å².